The summed E-state index contributed by atoms with van der Waals surface area (Å²) in [6.07, 6.45) is 7.25. The molecule has 0 fully saturated rings. The first-order valence-corrected chi connectivity index (χ1v) is 16.8. The lowest BCUT2D eigenvalue weighted by Gasteiger charge is -2.21. The number of benzene rings is 1. The van der Waals surface area contributed by atoms with Gasteiger partial charge in [-0.1, -0.05) is 34.8 Å². The molecule has 4 heterocycles. The Kier molecular flexibility index (Phi) is 10.2. The smallest absolute Gasteiger partial charge is 0.309 e. The number of aryl methyl sites for hydroxylation is 2. The fourth-order valence-corrected chi connectivity index (χ4v) is 6.95. The molecular formula is C33H34Cl3N7O5. The van der Waals surface area contributed by atoms with Gasteiger partial charge in [-0.2, -0.15) is 0 Å². The normalized spacial score (nSPS) is 16.8. The number of halogens is 3. The van der Waals surface area contributed by atoms with E-state index in [1.54, 1.807) is 19.2 Å². The Bertz CT molecular complexity index is 2000. The van der Waals surface area contributed by atoms with Crippen molar-refractivity contribution in [2.75, 3.05) is 25.6 Å². The van der Waals surface area contributed by atoms with Crippen molar-refractivity contribution in [3.05, 3.63) is 62.5 Å². The van der Waals surface area contributed by atoms with E-state index in [-0.39, 0.29) is 23.8 Å². The molecule has 7 rings (SSSR count). The van der Waals surface area contributed by atoms with Gasteiger partial charge in [-0.05, 0) is 69.6 Å². The van der Waals surface area contributed by atoms with Gasteiger partial charge < -0.3 is 29.5 Å². The van der Waals surface area contributed by atoms with Gasteiger partial charge in [0.05, 0.1) is 58.7 Å². The van der Waals surface area contributed by atoms with Crippen LogP contribution in [-0.4, -0.2) is 62.2 Å². The molecule has 0 radical (unpaired) electrons. The number of carbonyl (C=O) groups is 2. The van der Waals surface area contributed by atoms with Crippen LogP contribution < -0.4 is 10.1 Å². The van der Waals surface area contributed by atoms with Crippen molar-refractivity contribution in [2.45, 2.75) is 52.4 Å². The van der Waals surface area contributed by atoms with Gasteiger partial charge >= 0.3 is 11.9 Å². The van der Waals surface area contributed by atoms with E-state index >= 15 is 0 Å². The largest absolute Gasteiger partial charge is 0.495 e. The summed E-state index contributed by atoms with van der Waals surface area (Å²) in [4.78, 5) is 47.7. The van der Waals surface area contributed by atoms with Crippen LogP contribution in [-0.2, 0) is 44.7 Å². The van der Waals surface area contributed by atoms with Crippen LogP contribution in [0.1, 0.15) is 49.2 Å². The molecular weight excluding hydrogens is 681 g/mol. The average molecular weight is 715 g/mol. The number of nitrogens with zero attached hydrogens (tertiary/aromatic N) is 4. The monoisotopic (exact) mass is 713 g/mol. The van der Waals surface area contributed by atoms with E-state index in [1.807, 2.05) is 13.8 Å². The number of carbonyl (C=O) groups excluding carboxylic acids is 2. The minimum absolute atomic E-state index is 0.0947. The van der Waals surface area contributed by atoms with Gasteiger partial charge in [0.25, 0.3) is 0 Å². The summed E-state index contributed by atoms with van der Waals surface area (Å²) in [5.41, 5.74) is 6.37. The third-order valence-corrected chi connectivity index (χ3v) is 9.65. The summed E-state index contributed by atoms with van der Waals surface area (Å²) >= 11 is 18.4. The maximum Gasteiger partial charge on any atom is 0.309 e. The maximum absolute atomic E-state index is 12.3. The number of ether oxygens (including phenoxy) is 3. The van der Waals surface area contributed by atoms with Crippen molar-refractivity contribution >= 4 is 80.3 Å². The number of anilines is 2. The predicted molar refractivity (Wildman–Crippen MR) is 183 cm³/mol. The first-order valence-electron chi connectivity index (χ1n) is 15.7. The second kappa shape index (κ2) is 14.6. The molecule has 0 amide bonds. The molecule has 48 heavy (non-hydrogen) atoms. The van der Waals surface area contributed by atoms with E-state index in [4.69, 9.17) is 49.0 Å². The van der Waals surface area contributed by atoms with Gasteiger partial charge in [-0.3, -0.25) is 9.59 Å². The highest BCUT2D eigenvalue weighted by atomic mass is 35.5. The fourth-order valence-electron chi connectivity index (χ4n) is 6.38. The summed E-state index contributed by atoms with van der Waals surface area (Å²) in [5, 5.41) is 6.22. The standard InChI is InChI=1S/C20H20Cl2N4O3.C13H14ClN3O2/c1-3-29-20(27)10-4-5-14-11(6-10)17-18(25-14)23-9-24-19(17)26-15-7-12(21)13(22)8-16(15)28-2;1-2-19-13(18)7-3-4-9-8(5-7)10-11(14)15-6-16-12(10)17-9/h7-10H,3-6H2,1-2H3,(H2,23,24,25,26);6-7H,2-5H2,1H3,(H,15,16,17). The topological polar surface area (TPSA) is 157 Å². The Labute approximate surface area is 291 Å². The van der Waals surface area contributed by atoms with Gasteiger partial charge in [-0.15, -0.1) is 0 Å². The molecule has 15 heteroatoms. The quantitative estimate of drug-likeness (QED) is 0.119. The first-order chi connectivity index (χ1) is 23.2. The maximum atomic E-state index is 12.3. The molecule has 4 aromatic heterocycles. The van der Waals surface area contributed by atoms with E-state index in [2.05, 4.69) is 35.2 Å². The molecule has 2 atom stereocenters. The minimum Gasteiger partial charge on any atom is -0.495 e. The molecule has 0 aliphatic heterocycles. The van der Waals surface area contributed by atoms with Crippen LogP contribution >= 0.6 is 34.8 Å². The molecule has 0 saturated carbocycles. The van der Waals surface area contributed by atoms with Crippen molar-refractivity contribution in [2.24, 2.45) is 11.8 Å². The molecule has 2 unspecified atom stereocenters. The zero-order valence-electron chi connectivity index (χ0n) is 26.6. The lowest BCUT2D eigenvalue weighted by atomic mass is 9.86. The zero-order chi connectivity index (χ0) is 33.9. The van der Waals surface area contributed by atoms with E-state index in [9.17, 15) is 9.59 Å². The summed E-state index contributed by atoms with van der Waals surface area (Å²) < 4.78 is 15.7. The predicted octanol–water partition coefficient (Wildman–Crippen LogP) is 6.96. The molecule has 3 N–H and O–H groups in total. The van der Waals surface area contributed by atoms with Crippen LogP contribution in [0.2, 0.25) is 15.2 Å². The van der Waals surface area contributed by atoms with Crippen LogP contribution in [0.4, 0.5) is 11.5 Å². The summed E-state index contributed by atoms with van der Waals surface area (Å²) in [5.74, 6) is 0.589. The number of hydrogen-bond acceptors (Lipinski definition) is 10. The van der Waals surface area contributed by atoms with Gasteiger partial charge in [0, 0.05) is 17.5 Å². The van der Waals surface area contributed by atoms with E-state index in [0.29, 0.717) is 58.5 Å². The molecule has 2 aliphatic carbocycles. The molecule has 0 spiro atoms. The van der Waals surface area contributed by atoms with Crippen molar-refractivity contribution < 1.29 is 23.8 Å². The Morgan fingerprint density at radius 2 is 1.35 bits per heavy atom. The Hall–Kier alpha value is -4.13. The van der Waals surface area contributed by atoms with Crippen molar-refractivity contribution in [3.63, 3.8) is 0 Å². The SMILES string of the molecule is CCOC(=O)C1CCc2[nH]c3ncnc(Cl)c3c2C1.CCOC(=O)C1CCc2[nH]c3ncnc(Nc4cc(Cl)c(Cl)cc4OC)c3c2C1. The number of rotatable bonds is 7. The van der Waals surface area contributed by atoms with Crippen molar-refractivity contribution in [1.29, 1.82) is 0 Å². The van der Waals surface area contributed by atoms with E-state index in [0.717, 1.165) is 70.3 Å². The molecule has 0 saturated heterocycles. The van der Waals surface area contributed by atoms with Gasteiger partial charge in [0.1, 0.15) is 40.7 Å². The second-order valence-electron chi connectivity index (χ2n) is 11.5. The van der Waals surface area contributed by atoms with Crippen molar-refractivity contribution in [3.8, 4) is 5.75 Å². The molecule has 2 aliphatic rings. The highest BCUT2D eigenvalue weighted by molar-refractivity contribution is 6.42. The zero-order valence-corrected chi connectivity index (χ0v) is 28.9. The fraction of sp³-hybridized carbons (Fsp3) is 0.394. The van der Waals surface area contributed by atoms with Gasteiger partial charge in [0.2, 0.25) is 0 Å². The molecule has 0 bridgehead atoms. The van der Waals surface area contributed by atoms with Gasteiger partial charge in [-0.25, -0.2) is 19.9 Å². The Morgan fingerprint density at radius 1 is 0.812 bits per heavy atom. The van der Waals surface area contributed by atoms with Gasteiger partial charge in [0.15, 0.2) is 0 Å². The number of nitrogens with one attached hydrogen (secondary N) is 3. The number of esters is 2. The highest BCUT2D eigenvalue weighted by Crippen LogP contribution is 2.39. The summed E-state index contributed by atoms with van der Waals surface area (Å²) in [6, 6.07) is 3.34. The van der Waals surface area contributed by atoms with Crippen LogP contribution in [0.25, 0.3) is 22.1 Å². The van der Waals surface area contributed by atoms with E-state index < -0.39 is 0 Å². The van der Waals surface area contributed by atoms with E-state index in [1.165, 1.54) is 12.7 Å². The lowest BCUT2D eigenvalue weighted by molar-refractivity contribution is -0.149. The molecule has 252 valence electrons. The van der Waals surface area contributed by atoms with Crippen LogP contribution in [0.5, 0.6) is 5.75 Å². The van der Waals surface area contributed by atoms with Crippen LogP contribution in [0, 0.1) is 11.8 Å². The Morgan fingerprint density at radius 3 is 1.94 bits per heavy atom. The second-order valence-corrected chi connectivity index (χ2v) is 12.6. The number of aromatic nitrogens is 6. The third-order valence-electron chi connectivity index (χ3n) is 8.64. The number of aromatic amines is 2. The van der Waals surface area contributed by atoms with Crippen LogP contribution in [0.3, 0.4) is 0 Å². The summed E-state index contributed by atoms with van der Waals surface area (Å²) in [7, 11) is 1.56. The number of fused-ring (bicyclic) bond motifs is 6. The lowest BCUT2D eigenvalue weighted by Crippen LogP contribution is -2.24. The van der Waals surface area contributed by atoms with Crippen LogP contribution in [0.15, 0.2) is 24.8 Å². The Balaban J connectivity index is 0.000000182. The minimum atomic E-state index is -0.172. The molecule has 12 nitrogen and oxygen atoms in total. The number of hydrogen-bond donors (Lipinski definition) is 3. The number of H-pyrrole nitrogens is 2. The first kappa shape index (κ1) is 33.8. The van der Waals surface area contributed by atoms with Crippen molar-refractivity contribution in [1.82, 2.24) is 29.9 Å². The summed E-state index contributed by atoms with van der Waals surface area (Å²) in [6.45, 7) is 4.43. The number of methoxy groups -OCH3 is 1. The average Bonchev–Trinajstić information content (AvgIpc) is 3.65. The molecule has 5 aromatic rings. The third kappa shape index (κ3) is 6.74. The molecule has 1 aromatic carbocycles. The highest BCUT2D eigenvalue weighted by Gasteiger charge is 2.31.